The highest BCUT2D eigenvalue weighted by Gasteiger charge is 2.26. The fourth-order valence-corrected chi connectivity index (χ4v) is 1.58. The summed E-state index contributed by atoms with van der Waals surface area (Å²) in [6.07, 6.45) is 10.5. The van der Waals surface area contributed by atoms with E-state index in [1.807, 2.05) is 7.41 Å². The number of nitrogens with two attached hydrogens (primary N) is 1. The average molecular weight is 230 g/mol. The normalized spacial score (nSPS) is 15.1. The fourth-order valence-electron chi connectivity index (χ4n) is 1.58. The molecule has 0 saturated heterocycles. The van der Waals surface area contributed by atoms with Gasteiger partial charge in [0.1, 0.15) is 7.31 Å². The molecule has 3 N–H and O–H groups in total. The Morgan fingerprint density at radius 3 is 2.59 bits per heavy atom. The molecular weight excluding hydrogens is 205 g/mol. The molecular formula is C12H25B3N2. The molecule has 0 fully saturated rings. The van der Waals surface area contributed by atoms with E-state index in [-0.39, 0.29) is 0 Å². The summed E-state index contributed by atoms with van der Waals surface area (Å²) < 4.78 is 0. The zero-order valence-electron chi connectivity index (χ0n) is 11.6. The van der Waals surface area contributed by atoms with Crippen molar-refractivity contribution in [2.45, 2.75) is 58.3 Å². The molecule has 4 radical (unpaired) electrons. The maximum Gasteiger partial charge on any atom is 0.221 e. The highest BCUT2D eigenvalue weighted by atomic mass is 14.8. The number of nitrogens with one attached hydrogen (secondary N) is 1. The molecule has 1 atom stereocenters. The van der Waals surface area contributed by atoms with Crippen molar-refractivity contribution >= 4 is 22.5 Å². The Hall–Kier alpha value is -0.145. The molecule has 92 valence electrons. The predicted molar refractivity (Wildman–Crippen MR) is 80.1 cm³/mol. The standard InChI is InChI=1S/C12H25B3N2/c1-4-5-6-7-8-9-10-12(16,11(2)3)14-17-15-13/h9-11,17H,4-8,16H2,1-3H3/b10-9-. The van der Waals surface area contributed by atoms with Crippen molar-refractivity contribution in [3.63, 3.8) is 0 Å². The van der Waals surface area contributed by atoms with Crippen LogP contribution in [0.4, 0.5) is 0 Å². The summed E-state index contributed by atoms with van der Waals surface area (Å²) in [5.41, 5.74) is 5.86. The lowest BCUT2D eigenvalue weighted by molar-refractivity contribution is 0.506. The van der Waals surface area contributed by atoms with Gasteiger partial charge in [-0.3, -0.25) is 0 Å². The summed E-state index contributed by atoms with van der Waals surface area (Å²) in [7, 11) is 8.55. The molecule has 5 heteroatoms. The largest absolute Gasteiger partial charge is 0.413 e. The third-order valence-electron chi connectivity index (χ3n) is 3.06. The zero-order valence-corrected chi connectivity index (χ0v) is 11.6. The fraction of sp³-hybridized carbons (Fsp3) is 0.833. The summed E-state index contributed by atoms with van der Waals surface area (Å²) >= 11 is 0. The van der Waals surface area contributed by atoms with Gasteiger partial charge in [0, 0.05) is 13.2 Å². The van der Waals surface area contributed by atoms with E-state index >= 15 is 0 Å². The van der Waals surface area contributed by atoms with Gasteiger partial charge in [-0.05, 0) is 18.8 Å². The van der Waals surface area contributed by atoms with E-state index in [0.29, 0.717) is 5.92 Å². The molecule has 0 spiro atoms. The number of unbranched alkanes of at least 4 members (excludes halogenated alkanes) is 4. The van der Waals surface area contributed by atoms with Gasteiger partial charge in [-0.2, -0.15) is 0 Å². The quantitative estimate of drug-likeness (QED) is 0.340. The first-order valence-corrected chi connectivity index (χ1v) is 6.67. The van der Waals surface area contributed by atoms with Crippen molar-refractivity contribution in [2.24, 2.45) is 11.7 Å². The Morgan fingerprint density at radius 2 is 2.06 bits per heavy atom. The number of hydrogen-bond donors (Lipinski definition) is 2. The van der Waals surface area contributed by atoms with Crippen LogP contribution in [-0.4, -0.2) is 27.9 Å². The van der Waals surface area contributed by atoms with Crippen LogP contribution in [0.3, 0.4) is 0 Å². The molecule has 0 aromatic carbocycles. The van der Waals surface area contributed by atoms with Crippen molar-refractivity contribution < 1.29 is 0 Å². The summed E-state index contributed by atoms with van der Waals surface area (Å²) in [4.78, 5) is 0. The smallest absolute Gasteiger partial charge is 0.221 e. The van der Waals surface area contributed by atoms with Crippen molar-refractivity contribution in [3.05, 3.63) is 12.2 Å². The minimum absolute atomic E-state index is 0.335. The Labute approximate surface area is 110 Å². The van der Waals surface area contributed by atoms with Crippen LogP contribution in [0.15, 0.2) is 12.2 Å². The van der Waals surface area contributed by atoms with Gasteiger partial charge in [0.2, 0.25) is 7.41 Å². The molecule has 0 amide bonds. The average Bonchev–Trinajstić information content (AvgIpc) is 2.31. The van der Waals surface area contributed by atoms with Crippen molar-refractivity contribution in [3.8, 4) is 0 Å². The van der Waals surface area contributed by atoms with Gasteiger partial charge in [-0.15, -0.1) is 0 Å². The second kappa shape index (κ2) is 9.84. The van der Waals surface area contributed by atoms with E-state index in [1.54, 1.807) is 0 Å². The molecule has 2 nitrogen and oxygen atoms in total. The van der Waals surface area contributed by atoms with E-state index in [0.717, 1.165) is 6.42 Å². The van der Waals surface area contributed by atoms with Crippen molar-refractivity contribution in [2.75, 3.05) is 0 Å². The first-order chi connectivity index (χ1) is 8.06. The lowest BCUT2D eigenvalue weighted by Crippen LogP contribution is -2.55. The zero-order chi connectivity index (χ0) is 13.1. The molecule has 0 rings (SSSR count). The second-order valence-corrected chi connectivity index (χ2v) is 4.88. The molecule has 0 aliphatic heterocycles. The highest BCUT2D eigenvalue weighted by Crippen LogP contribution is 2.14. The lowest BCUT2D eigenvalue weighted by atomic mass is 9.55. The van der Waals surface area contributed by atoms with E-state index in [2.05, 4.69) is 38.1 Å². The minimum atomic E-state index is -0.430. The third kappa shape index (κ3) is 7.72. The van der Waals surface area contributed by atoms with Gasteiger partial charge in [-0.25, -0.2) is 0 Å². The van der Waals surface area contributed by atoms with Gasteiger partial charge < -0.3 is 10.9 Å². The number of allylic oxidation sites excluding steroid dienone is 1. The van der Waals surface area contributed by atoms with E-state index in [1.165, 1.54) is 33.0 Å². The maximum atomic E-state index is 6.29. The van der Waals surface area contributed by atoms with Crippen LogP contribution in [-0.2, 0) is 0 Å². The molecule has 0 saturated carbocycles. The lowest BCUT2D eigenvalue weighted by Gasteiger charge is -2.30. The molecule has 1 unspecified atom stereocenters. The topological polar surface area (TPSA) is 38.0 Å². The van der Waals surface area contributed by atoms with Crippen LogP contribution in [0.25, 0.3) is 0 Å². The monoisotopic (exact) mass is 230 g/mol. The molecule has 0 heterocycles. The van der Waals surface area contributed by atoms with Crippen LogP contribution in [0, 0.1) is 5.92 Å². The molecule has 0 bridgehead atoms. The third-order valence-corrected chi connectivity index (χ3v) is 3.06. The van der Waals surface area contributed by atoms with Crippen LogP contribution in [0.1, 0.15) is 52.9 Å². The van der Waals surface area contributed by atoms with Gasteiger partial charge in [0.05, 0.1) is 0 Å². The Morgan fingerprint density at radius 1 is 1.35 bits per heavy atom. The van der Waals surface area contributed by atoms with Gasteiger partial charge in [0.25, 0.3) is 0 Å². The molecule has 17 heavy (non-hydrogen) atoms. The summed E-state index contributed by atoms with van der Waals surface area (Å²) in [6, 6.07) is 0. The van der Waals surface area contributed by atoms with Gasteiger partial charge >= 0.3 is 0 Å². The van der Waals surface area contributed by atoms with Crippen molar-refractivity contribution in [1.29, 1.82) is 0 Å². The van der Waals surface area contributed by atoms with Crippen molar-refractivity contribution in [1.82, 2.24) is 5.14 Å². The molecule has 0 aromatic rings. The van der Waals surface area contributed by atoms with Gasteiger partial charge in [0.15, 0.2) is 0 Å². The van der Waals surface area contributed by atoms with E-state index in [4.69, 9.17) is 13.5 Å². The first kappa shape index (κ1) is 16.9. The summed E-state index contributed by atoms with van der Waals surface area (Å²) in [5, 5.41) is 2.88. The predicted octanol–water partition coefficient (Wildman–Crippen LogP) is 1.74. The highest BCUT2D eigenvalue weighted by molar-refractivity contribution is 6.91. The molecule has 0 aliphatic rings. The SMILES string of the molecule is [B][B]N[B]C(N)(/C=C\CCCCCC)C(C)C. The minimum Gasteiger partial charge on any atom is -0.413 e. The Balaban J connectivity index is 4.01. The van der Waals surface area contributed by atoms with E-state index < -0.39 is 5.44 Å². The first-order valence-electron chi connectivity index (χ1n) is 6.67. The molecule has 0 aliphatic carbocycles. The van der Waals surface area contributed by atoms with Gasteiger partial charge in [-0.1, -0.05) is 52.2 Å². The second-order valence-electron chi connectivity index (χ2n) is 4.88. The Bertz CT molecular complexity index is 210. The maximum absolute atomic E-state index is 6.29. The number of rotatable bonds is 10. The van der Waals surface area contributed by atoms with E-state index in [9.17, 15) is 0 Å². The van der Waals surface area contributed by atoms with Crippen LogP contribution >= 0.6 is 0 Å². The van der Waals surface area contributed by atoms with Crippen LogP contribution in [0.2, 0.25) is 0 Å². The Kier molecular flexibility index (Phi) is 9.76. The van der Waals surface area contributed by atoms with Crippen LogP contribution < -0.4 is 10.9 Å². The molecule has 0 aromatic heterocycles. The van der Waals surface area contributed by atoms with Crippen LogP contribution in [0.5, 0.6) is 0 Å². The summed E-state index contributed by atoms with van der Waals surface area (Å²) in [6.45, 7) is 6.44. The number of hydrogen-bond acceptors (Lipinski definition) is 2. The summed E-state index contributed by atoms with van der Waals surface area (Å²) in [5.74, 6) is 0.335.